The number of phenols is 1. The topological polar surface area (TPSA) is 120 Å². The highest BCUT2D eigenvalue weighted by atomic mass is 16.6. The van der Waals surface area contributed by atoms with Crippen LogP contribution in [-0.4, -0.2) is 68.9 Å². The zero-order valence-corrected chi connectivity index (χ0v) is 12.9. The van der Waals surface area contributed by atoms with Crippen LogP contribution in [0.25, 0.3) is 0 Å². The SMILES string of the molecule is C[C@@H](CCc1ccc(O)cc1)OC[C@H]1O[C@H](O)[C@H](O)[C@@H](O)[C@@H]1O. The predicted molar refractivity (Wildman–Crippen MR) is 80.7 cm³/mol. The quantitative estimate of drug-likeness (QED) is 0.479. The number of hydrogen-bond donors (Lipinski definition) is 5. The first-order chi connectivity index (χ1) is 10.9. The van der Waals surface area contributed by atoms with Crippen LogP contribution in [0.1, 0.15) is 18.9 Å². The average Bonchev–Trinajstić information content (AvgIpc) is 2.54. The van der Waals surface area contributed by atoms with Crippen molar-refractivity contribution >= 4 is 0 Å². The molecule has 0 saturated carbocycles. The molecule has 1 aliphatic rings. The van der Waals surface area contributed by atoms with Gasteiger partial charge in [-0.3, -0.25) is 0 Å². The molecule has 0 aliphatic carbocycles. The third-order valence-electron chi connectivity index (χ3n) is 4.01. The van der Waals surface area contributed by atoms with Crippen LogP contribution in [0.2, 0.25) is 0 Å². The summed E-state index contributed by atoms with van der Waals surface area (Å²) in [6, 6.07) is 6.93. The molecule has 1 aromatic carbocycles. The molecule has 0 unspecified atom stereocenters. The van der Waals surface area contributed by atoms with E-state index in [9.17, 15) is 25.5 Å². The van der Waals surface area contributed by atoms with Crippen LogP contribution in [0.5, 0.6) is 5.75 Å². The Morgan fingerprint density at radius 2 is 1.70 bits per heavy atom. The minimum Gasteiger partial charge on any atom is -0.508 e. The minimum absolute atomic E-state index is 0.00124. The van der Waals surface area contributed by atoms with Gasteiger partial charge in [-0.05, 0) is 37.5 Å². The van der Waals surface area contributed by atoms with Gasteiger partial charge in [0.25, 0.3) is 0 Å². The zero-order valence-electron chi connectivity index (χ0n) is 12.9. The van der Waals surface area contributed by atoms with Crippen LogP contribution in [0.4, 0.5) is 0 Å². The van der Waals surface area contributed by atoms with Crippen molar-refractivity contribution in [3.05, 3.63) is 29.8 Å². The first-order valence-corrected chi connectivity index (χ1v) is 7.65. The Balaban J connectivity index is 1.75. The second kappa shape index (κ2) is 8.05. The average molecular weight is 328 g/mol. The van der Waals surface area contributed by atoms with Gasteiger partial charge in [0.2, 0.25) is 0 Å². The molecule has 7 nitrogen and oxygen atoms in total. The molecule has 1 aliphatic heterocycles. The van der Waals surface area contributed by atoms with Crippen LogP contribution in [-0.2, 0) is 15.9 Å². The highest BCUT2D eigenvalue weighted by Crippen LogP contribution is 2.21. The van der Waals surface area contributed by atoms with E-state index in [4.69, 9.17) is 9.47 Å². The number of benzene rings is 1. The molecule has 0 spiro atoms. The highest BCUT2D eigenvalue weighted by Gasteiger charge is 2.43. The summed E-state index contributed by atoms with van der Waals surface area (Å²) in [6.07, 6.45) is -5.42. The number of aliphatic hydroxyl groups excluding tert-OH is 4. The summed E-state index contributed by atoms with van der Waals surface area (Å²) in [6.45, 7) is 1.87. The van der Waals surface area contributed by atoms with E-state index in [1.54, 1.807) is 12.1 Å². The Labute approximate surface area is 134 Å². The molecule has 23 heavy (non-hydrogen) atoms. The summed E-state index contributed by atoms with van der Waals surface area (Å²) >= 11 is 0. The molecule has 1 saturated heterocycles. The highest BCUT2D eigenvalue weighted by molar-refractivity contribution is 5.25. The summed E-state index contributed by atoms with van der Waals surface area (Å²) in [5.41, 5.74) is 1.07. The number of ether oxygens (including phenoxy) is 2. The fourth-order valence-electron chi connectivity index (χ4n) is 2.44. The van der Waals surface area contributed by atoms with E-state index >= 15 is 0 Å². The van der Waals surface area contributed by atoms with Gasteiger partial charge >= 0.3 is 0 Å². The van der Waals surface area contributed by atoms with Crippen LogP contribution in [0, 0.1) is 0 Å². The summed E-state index contributed by atoms with van der Waals surface area (Å²) in [5.74, 6) is 0.223. The van der Waals surface area contributed by atoms with Gasteiger partial charge in [0, 0.05) is 0 Å². The fraction of sp³-hybridized carbons (Fsp3) is 0.625. The second-order valence-corrected chi connectivity index (χ2v) is 5.89. The number of hydrogen-bond acceptors (Lipinski definition) is 7. The van der Waals surface area contributed by atoms with Crippen molar-refractivity contribution in [1.82, 2.24) is 0 Å². The third kappa shape index (κ3) is 4.87. The van der Waals surface area contributed by atoms with Crippen molar-refractivity contribution < 1.29 is 35.0 Å². The summed E-state index contributed by atoms with van der Waals surface area (Å²) < 4.78 is 10.6. The fourth-order valence-corrected chi connectivity index (χ4v) is 2.44. The van der Waals surface area contributed by atoms with Crippen molar-refractivity contribution in [3.8, 4) is 5.75 Å². The number of aryl methyl sites for hydroxylation is 1. The lowest BCUT2D eigenvalue weighted by Gasteiger charge is -2.38. The van der Waals surface area contributed by atoms with E-state index < -0.39 is 30.7 Å². The van der Waals surface area contributed by atoms with Crippen molar-refractivity contribution in [2.45, 2.75) is 56.6 Å². The van der Waals surface area contributed by atoms with Crippen molar-refractivity contribution in [2.75, 3.05) is 6.61 Å². The second-order valence-electron chi connectivity index (χ2n) is 5.89. The Hall–Kier alpha value is -1.22. The molecule has 130 valence electrons. The van der Waals surface area contributed by atoms with E-state index in [0.29, 0.717) is 0 Å². The van der Waals surface area contributed by atoms with Gasteiger partial charge in [0.1, 0.15) is 30.2 Å². The Bertz CT molecular complexity index is 478. The normalized spacial score (nSPS) is 32.7. The smallest absolute Gasteiger partial charge is 0.184 e. The van der Waals surface area contributed by atoms with E-state index in [1.807, 2.05) is 19.1 Å². The van der Waals surface area contributed by atoms with Gasteiger partial charge in [-0.15, -0.1) is 0 Å². The molecule has 0 radical (unpaired) electrons. The van der Waals surface area contributed by atoms with E-state index in [2.05, 4.69) is 0 Å². The van der Waals surface area contributed by atoms with Crippen LogP contribution < -0.4 is 0 Å². The van der Waals surface area contributed by atoms with Gasteiger partial charge in [-0.2, -0.15) is 0 Å². The lowest BCUT2D eigenvalue weighted by Crippen LogP contribution is -2.58. The number of rotatable bonds is 6. The van der Waals surface area contributed by atoms with Gasteiger partial charge in [0.15, 0.2) is 6.29 Å². The Morgan fingerprint density at radius 3 is 2.35 bits per heavy atom. The maximum atomic E-state index is 9.82. The Kier molecular flexibility index (Phi) is 6.34. The Morgan fingerprint density at radius 1 is 1.04 bits per heavy atom. The van der Waals surface area contributed by atoms with Gasteiger partial charge in [-0.1, -0.05) is 12.1 Å². The summed E-state index contributed by atoms with van der Waals surface area (Å²) in [5, 5.41) is 47.5. The lowest BCUT2D eigenvalue weighted by molar-refractivity contribution is -0.290. The van der Waals surface area contributed by atoms with Crippen molar-refractivity contribution in [1.29, 1.82) is 0 Å². The number of aliphatic hydroxyl groups is 4. The monoisotopic (exact) mass is 328 g/mol. The molecule has 2 rings (SSSR count). The van der Waals surface area contributed by atoms with Crippen LogP contribution in [0.15, 0.2) is 24.3 Å². The molecule has 1 aromatic rings. The molecular weight excluding hydrogens is 304 g/mol. The molecule has 7 heteroatoms. The van der Waals surface area contributed by atoms with E-state index in [1.165, 1.54) is 0 Å². The maximum Gasteiger partial charge on any atom is 0.184 e. The first kappa shape index (κ1) is 18.1. The standard InChI is InChI=1S/C16H24O7/c1-9(2-3-10-4-6-11(17)7-5-10)22-8-12-13(18)14(19)15(20)16(21)23-12/h4-7,9,12-21H,2-3,8H2,1H3/t9-,12+,13+,14-,15+,16-/m0/s1. The van der Waals surface area contributed by atoms with Crippen LogP contribution in [0.3, 0.4) is 0 Å². The molecule has 0 aromatic heterocycles. The lowest BCUT2D eigenvalue weighted by atomic mass is 9.99. The van der Waals surface area contributed by atoms with Crippen molar-refractivity contribution in [2.24, 2.45) is 0 Å². The maximum absolute atomic E-state index is 9.82. The molecule has 6 atom stereocenters. The van der Waals surface area contributed by atoms with Crippen molar-refractivity contribution in [3.63, 3.8) is 0 Å². The minimum atomic E-state index is -1.55. The van der Waals surface area contributed by atoms with Gasteiger partial charge < -0.3 is 35.0 Å². The number of phenolic OH excluding ortho intramolecular Hbond substituents is 1. The first-order valence-electron chi connectivity index (χ1n) is 7.65. The van der Waals surface area contributed by atoms with Gasteiger partial charge in [-0.25, -0.2) is 0 Å². The summed E-state index contributed by atoms with van der Waals surface area (Å²) in [4.78, 5) is 0. The molecule has 1 fully saturated rings. The molecule has 1 heterocycles. The summed E-state index contributed by atoms with van der Waals surface area (Å²) in [7, 11) is 0. The molecular formula is C16H24O7. The van der Waals surface area contributed by atoms with E-state index in [0.717, 1.165) is 18.4 Å². The van der Waals surface area contributed by atoms with E-state index in [-0.39, 0.29) is 18.5 Å². The zero-order chi connectivity index (χ0) is 17.0. The van der Waals surface area contributed by atoms with Crippen LogP contribution >= 0.6 is 0 Å². The predicted octanol–water partition coefficient (Wildman–Crippen LogP) is -0.470. The van der Waals surface area contributed by atoms with Gasteiger partial charge in [0.05, 0.1) is 12.7 Å². The number of aromatic hydroxyl groups is 1. The third-order valence-corrected chi connectivity index (χ3v) is 4.01. The largest absolute Gasteiger partial charge is 0.508 e. The molecule has 0 bridgehead atoms. The molecule has 5 N–H and O–H groups in total. The molecule has 0 amide bonds.